The smallest absolute Gasteiger partial charge is 0.146 e. The molecular weight excluding hydrogens is 268 g/mol. The molecule has 0 amide bonds. The Kier molecular flexibility index (Phi) is 4.47. The average Bonchev–Trinajstić information content (AvgIpc) is 2.94. The Morgan fingerprint density at radius 2 is 2.10 bits per heavy atom. The van der Waals surface area contributed by atoms with Gasteiger partial charge >= 0.3 is 0 Å². The van der Waals surface area contributed by atoms with Crippen molar-refractivity contribution in [3.8, 4) is 0 Å². The van der Waals surface area contributed by atoms with Crippen molar-refractivity contribution >= 4 is 27.4 Å². The van der Waals surface area contributed by atoms with E-state index in [0.717, 1.165) is 41.4 Å². The van der Waals surface area contributed by atoms with E-state index in [1.165, 1.54) is 32.4 Å². The Labute approximate surface area is 124 Å². The third-order valence-corrected chi connectivity index (χ3v) is 4.53. The molecular formula is C15H22N4S. The van der Waals surface area contributed by atoms with Crippen molar-refractivity contribution in [2.24, 2.45) is 0 Å². The fourth-order valence-electron chi connectivity index (χ4n) is 2.67. The molecule has 0 spiro atoms. The molecule has 0 atom stereocenters. The van der Waals surface area contributed by atoms with Crippen LogP contribution in [0.25, 0.3) is 10.2 Å². The highest BCUT2D eigenvalue weighted by Gasteiger charge is 2.14. The summed E-state index contributed by atoms with van der Waals surface area (Å²) in [5.41, 5.74) is 0. The first-order chi connectivity index (χ1) is 9.86. The molecule has 2 aromatic rings. The largest absolute Gasteiger partial charge is 0.369 e. The van der Waals surface area contributed by atoms with Crippen LogP contribution in [0.2, 0.25) is 0 Å². The number of likely N-dealkylation sites (tertiary alicyclic amines) is 1. The maximum Gasteiger partial charge on any atom is 0.146 e. The Balaban J connectivity index is 1.82. The monoisotopic (exact) mass is 290 g/mol. The topological polar surface area (TPSA) is 41.1 Å². The Bertz CT molecular complexity index is 560. The van der Waals surface area contributed by atoms with E-state index in [9.17, 15) is 0 Å². The van der Waals surface area contributed by atoms with Crippen LogP contribution in [0.4, 0.5) is 5.82 Å². The summed E-state index contributed by atoms with van der Waals surface area (Å²) in [5.74, 6) is 1.96. The van der Waals surface area contributed by atoms with E-state index in [0.29, 0.717) is 0 Å². The van der Waals surface area contributed by atoms with E-state index in [-0.39, 0.29) is 0 Å². The minimum absolute atomic E-state index is 0.884. The summed E-state index contributed by atoms with van der Waals surface area (Å²) in [7, 11) is 0. The maximum atomic E-state index is 4.75. The number of hydrogen-bond acceptors (Lipinski definition) is 5. The number of piperidine rings is 1. The highest BCUT2D eigenvalue weighted by Crippen LogP contribution is 2.25. The van der Waals surface area contributed by atoms with Crippen molar-refractivity contribution in [3.63, 3.8) is 0 Å². The molecule has 1 saturated heterocycles. The van der Waals surface area contributed by atoms with Crippen LogP contribution in [0.5, 0.6) is 0 Å². The van der Waals surface area contributed by atoms with Gasteiger partial charge in [-0.15, -0.1) is 11.3 Å². The van der Waals surface area contributed by atoms with Gasteiger partial charge in [0, 0.05) is 6.54 Å². The summed E-state index contributed by atoms with van der Waals surface area (Å²) in [5, 5.41) is 6.69. The first-order valence-corrected chi connectivity index (χ1v) is 8.45. The molecule has 0 radical (unpaired) electrons. The van der Waals surface area contributed by atoms with Crippen molar-refractivity contribution in [2.45, 2.75) is 39.2 Å². The van der Waals surface area contributed by atoms with Gasteiger partial charge in [-0.05, 0) is 43.8 Å². The molecule has 2 aromatic heterocycles. The lowest BCUT2D eigenvalue weighted by atomic mass is 10.1. The molecule has 0 saturated carbocycles. The van der Waals surface area contributed by atoms with Gasteiger partial charge in [-0.25, -0.2) is 9.97 Å². The van der Waals surface area contributed by atoms with Crippen LogP contribution in [0, 0.1) is 0 Å². The Morgan fingerprint density at radius 3 is 2.90 bits per heavy atom. The third-order valence-electron chi connectivity index (χ3n) is 3.73. The highest BCUT2D eigenvalue weighted by molar-refractivity contribution is 7.16. The van der Waals surface area contributed by atoms with Gasteiger partial charge in [-0.1, -0.05) is 13.3 Å². The van der Waals surface area contributed by atoms with Gasteiger partial charge in [0.15, 0.2) is 0 Å². The van der Waals surface area contributed by atoms with Gasteiger partial charge in [0.05, 0.1) is 11.9 Å². The van der Waals surface area contributed by atoms with Crippen molar-refractivity contribution in [3.05, 3.63) is 17.3 Å². The molecule has 1 aliphatic heterocycles. The van der Waals surface area contributed by atoms with Gasteiger partial charge < -0.3 is 5.32 Å². The second kappa shape index (κ2) is 6.50. The van der Waals surface area contributed by atoms with Crippen molar-refractivity contribution in [2.75, 3.05) is 25.0 Å². The molecule has 5 heteroatoms. The number of hydrogen-bond donors (Lipinski definition) is 1. The van der Waals surface area contributed by atoms with Gasteiger partial charge in [-0.3, -0.25) is 4.90 Å². The molecule has 0 unspecified atom stereocenters. The average molecular weight is 290 g/mol. The number of nitrogens with zero attached hydrogens (tertiary/aromatic N) is 3. The Morgan fingerprint density at radius 1 is 1.25 bits per heavy atom. The fourth-order valence-corrected chi connectivity index (χ4v) is 3.45. The van der Waals surface area contributed by atoms with E-state index < -0.39 is 0 Å². The van der Waals surface area contributed by atoms with Crippen LogP contribution in [-0.4, -0.2) is 34.5 Å². The van der Waals surface area contributed by atoms with Gasteiger partial charge in [0.25, 0.3) is 0 Å². The Hall–Kier alpha value is -1.20. The molecule has 108 valence electrons. The van der Waals surface area contributed by atoms with Crippen LogP contribution >= 0.6 is 11.3 Å². The zero-order chi connectivity index (χ0) is 13.8. The lowest BCUT2D eigenvalue weighted by molar-refractivity contribution is 0.216. The standard InChI is InChI=1S/C15H22N4S/c1-2-7-16-14-12-6-10-20-15(12)18-13(17-14)11-19-8-4-3-5-9-19/h6,10H,2-5,7-9,11H2,1H3,(H,16,17,18). The van der Waals surface area contributed by atoms with Crippen molar-refractivity contribution in [1.29, 1.82) is 0 Å². The molecule has 3 rings (SSSR count). The summed E-state index contributed by atoms with van der Waals surface area (Å²) in [6.07, 6.45) is 5.09. The predicted molar refractivity (Wildman–Crippen MR) is 85.3 cm³/mol. The van der Waals surface area contributed by atoms with E-state index in [1.807, 2.05) is 0 Å². The summed E-state index contributed by atoms with van der Waals surface area (Å²) in [4.78, 5) is 13.0. The maximum absolute atomic E-state index is 4.75. The number of aromatic nitrogens is 2. The van der Waals surface area contributed by atoms with Crippen molar-refractivity contribution < 1.29 is 0 Å². The third kappa shape index (κ3) is 3.10. The molecule has 20 heavy (non-hydrogen) atoms. The lowest BCUT2D eigenvalue weighted by Crippen LogP contribution is -2.30. The minimum Gasteiger partial charge on any atom is -0.369 e. The summed E-state index contributed by atoms with van der Waals surface area (Å²) in [6, 6.07) is 2.11. The SMILES string of the molecule is CCCNc1nc(CN2CCCCC2)nc2sccc12. The number of thiophene rings is 1. The van der Waals surface area contributed by atoms with E-state index in [2.05, 4.69) is 28.6 Å². The molecule has 0 bridgehead atoms. The lowest BCUT2D eigenvalue weighted by Gasteiger charge is -2.25. The summed E-state index contributed by atoms with van der Waals surface area (Å²) in [6.45, 7) is 6.39. The predicted octanol–water partition coefficient (Wildman–Crippen LogP) is 3.50. The van der Waals surface area contributed by atoms with Crippen LogP contribution in [0.15, 0.2) is 11.4 Å². The van der Waals surface area contributed by atoms with E-state index >= 15 is 0 Å². The summed E-state index contributed by atoms with van der Waals surface area (Å²) >= 11 is 1.70. The second-order valence-corrected chi connectivity index (χ2v) is 6.29. The molecule has 1 N–H and O–H groups in total. The molecule has 3 heterocycles. The van der Waals surface area contributed by atoms with Gasteiger partial charge in [0.1, 0.15) is 16.5 Å². The van der Waals surface area contributed by atoms with Gasteiger partial charge in [0.2, 0.25) is 0 Å². The highest BCUT2D eigenvalue weighted by atomic mass is 32.1. The number of nitrogens with one attached hydrogen (secondary N) is 1. The first kappa shape index (κ1) is 13.8. The zero-order valence-corrected chi connectivity index (χ0v) is 12.9. The van der Waals surface area contributed by atoms with Gasteiger partial charge in [-0.2, -0.15) is 0 Å². The number of rotatable bonds is 5. The van der Waals surface area contributed by atoms with E-state index in [1.54, 1.807) is 11.3 Å². The summed E-state index contributed by atoms with van der Waals surface area (Å²) < 4.78 is 0. The first-order valence-electron chi connectivity index (χ1n) is 7.57. The molecule has 1 aliphatic rings. The fraction of sp³-hybridized carbons (Fsp3) is 0.600. The zero-order valence-electron chi connectivity index (χ0n) is 12.1. The quantitative estimate of drug-likeness (QED) is 0.915. The number of fused-ring (bicyclic) bond motifs is 1. The molecule has 0 aromatic carbocycles. The van der Waals surface area contributed by atoms with Crippen molar-refractivity contribution in [1.82, 2.24) is 14.9 Å². The molecule has 1 fully saturated rings. The minimum atomic E-state index is 0.884. The normalized spacial score (nSPS) is 16.6. The van der Waals surface area contributed by atoms with Crippen LogP contribution < -0.4 is 5.32 Å². The second-order valence-electron chi connectivity index (χ2n) is 5.39. The number of anilines is 1. The van der Waals surface area contributed by atoms with E-state index in [4.69, 9.17) is 9.97 Å². The molecule has 0 aliphatic carbocycles. The van der Waals surface area contributed by atoms with Crippen LogP contribution in [0.1, 0.15) is 38.4 Å². The van der Waals surface area contributed by atoms with Crippen LogP contribution in [0.3, 0.4) is 0 Å². The molecule has 4 nitrogen and oxygen atoms in total. The van der Waals surface area contributed by atoms with Crippen LogP contribution in [-0.2, 0) is 6.54 Å².